The van der Waals surface area contributed by atoms with E-state index in [1.807, 2.05) is 72.8 Å². The second-order valence-electron chi connectivity index (χ2n) is 6.79. The smallest absolute Gasteiger partial charge is 0.262 e. The zero-order chi connectivity index (χ0) is 20.9. The van der Waals surface area contributed by atoms with Crippen molar-refractivity contribution >= 4 is 22.7 Å². The Morgan fingerprint density at radius 1 is 0.867 bits per heavy atom. The molecule has 1 aromatic heterocycles. The van der Waals surface area contributed by atoms with Crippen LogP contribution < -0.4 is 15.0 Å². The van der Waals surface area contributed by atoms with Crippen LogP contribution in [0.2, 0.25) is 0 Å². The molecule has 0 aliphatic rings. The maximum atomic E-state index is 13.3. The van der Waals surface area contributed by atoms with Gasteiger partial charge in [-0.15, -0.1) is 0 Å². The molecule has 3 aromatic carbocycles. The Kier molecular flexibility index (Phi) is 6.05. The van der Waals surface area contributed by atoms with E-state index in [9.17, 15) is 4.79 Å². The molecular weight excluding hydrogens is 396 g/mol. The summed E-state index contributed by atoms with van der Waals surface area (Å²) in [5.41, 5.74) is 2.79. The molecule has 0 aliphatic carbocycles. The predicted octanol–water partition coefficient (Wildman–Crippen LogP) is 4.75. The summed E-state index contributed by atoms with van der Waals surface area (Å²) in [4.78, 5) is 18.0. The molecule has 30 heavy (non-hydrogen) atoms. The van der Waals surface area contributed by atoms with Crippen LogP contribution in [0.4, 0.5) is 0 Å². The Morgan fingerprint density at radius 2 is 1.63 bits per heavy atom. The largest absolute Gasteiger partial charge is 0.497 e. The topological polar surface area (TPSA) is 53.4 Å². The second kappa shape index (κ2) is 9.05. The van der Waals surface area contributed by atoms with E-state index >= 15 is 0 Å². The Hall–Kier alpha value is -3.25. The number of ether oxygens (including phenoxy) is 2. The summed E-state index contributed by atoms with van der Waals surface area (Å²) in [5.74, 6) is 2.29. The van der Waals surface area contributed by atoms with Gasteiger partial charge in [0.1, 0.15) is 11.5 Å². The van der Waals surface area contributed by atoms with Gasteiger partial charge in [-0.2, -0.15) is 0 Å². The van der Waals surface area contributed by atoms with E-state index in [1.54, 1.807) is 30.5 Å². The normalized spacial score (nSPS) is 10.9. The maximum Gasteiger partial charge on any atom is 0.262 e. The van der Waals surface area contributed by atoms with E-state index in [-0.39, 0.29) is 5.56 Å². The zero-order valence-corrected chi connectivity index (χ0v) is 17.7. The number of rotatable bonds is 7. The van der Waals surface area contributed by atoms with Crippen molar-refractivity contribution in [3.8, 4) is 11.5 Å². The molecule has 0 fully saturated rings. The Balaban J connectivity index is 1.70. The lowest BCUT2D eigenvalue weighted by atomic mass is 10.2. The molecule has 0 amide bonds. The van der Waals surface area contributed by atoms with Crippen molar-refractivity contribution in [2.75, 3.05) is 14.2 Å². The van der Waals surface area contributed by atoms with E-state index < -0.39 is 0 Å². The lowest BCUT2D eigenvalue weighted by Gasteiger charge is -2.14. The van der Waals surface area contributed by atoms with Crippen LogP contribution in [-0.2, 0) is 12.3 Å². The number of hydrogen-bond acceptors (Lipinski definition) is 5. The molecule has 0 bridgehead atoms. The highest BCUT2D eigenvalue weighted by molar-refractivity contribution is 7.98. The van der Waals surface area contributed by atoms with Crippen molar-refractivity contribution in [1.29, 1.82) is 0 Å². The highest BCUT2D eigenvalue weighted by Crippen LogP contribution is 2.25. The van der Waals surface area contributed by atoms with Gasteiger partial charge < -0.3 is 9.47 Å². The molecule has 152 valence electrons. The fourth-order valence-electron chi connectivity index (χ4n) is 3.22. The van der Waals surface area contributed by atoms with E-state index in [4.69, 9.17) is 14.5 Å². The number of hydrogen-bond donors (Lipinski definition) is 0. The van der Waals surface area contributed by atoms with Gasteiger partial charge in [-0.25, -0.2) is 4.98 Å². The molecule has 0 aliphatic heterocycles. The molecule has 0 spiro atoms. The molecule has 6 heteroatoms. The molecule has 5 nitrogen and oxygen atoms in total. The fourth-order valence-corrected chi connectivity index (χ4v) is 4.16. The average molecular weight is 419 g/mol. The quantitative estimate of drug-likeness (QED) is 0.320. The molecule has 0 N–H and O–H groups in total. The third-order valence-corrected chi connectivity index (χ3v) is 5.88. The standard InChI is InChI=1S/C24H22N2O3S/c1-28-19-12-10-17(11-13-19)15-26-23(27)21-8-3-4-9-22(21)25-24(26)30-16-18-6-5-7-20(14-18)29-2/h3-14H,15-16H2,1-2H3. The third kappa shape index (κ3) is 4.33. The number of fused-ring (bicyclic) bond motifs is 1. The maximum absolute atomic E-state index is 13.3. The van der Waals surface area contributed by atoms with Crippen LogP contribution in [0.3, 0.4) is 0 Å². The molecule has 4 aromatic rings. The van der Waals surface area contributed by atoms with Crippen LogP contribution in [0.25, 0.3) is 10.9 Å². The summed E-state index contributed by atoms with van der Waals surface area (Å²) in [6, 6.07) is 23.1. The number of methoxy groups -OCH3 is 2. The van der Waals surface area contributed by atoms with Crippen molar-refractivity contribution in [1.82, 2.24) is 9.55 Å². The highest BCUT2D eigenvalue weighted by atomic mass is 32.2. The molecule has 0 saturated carbocycles. The number of nitrogens with zero attached hydrogens (tertiary/aromatic N) is 2. The van der Waals surface area contributed by atoms with Crippen LogP contribution in [-0.4, -0.2) is 23.8 Å². The monoisotopic (exact) mass is 418 g/mol. The first kappa shape index (κ1) is 20.0. The summed E-state index contributed by atoms with van der Waals surface area (Å²) >= 11 is 1.55. The highest BCUT2D eigenvalue weighted by Gasteiger charge is 2.12. The summed E-state index contributed by atoms with van der Waals surface area (Å²) in [7, 11) is 3.30. The van der Waals surface area contributed by atoms with Gasteiger partial charge in [0.25, 0.3) is 5.56 Å². The van der Waals surface area contributed by atoms with Crippen LogP contribution in [0, 0.1) is 0 Å². The van der Waals surface area contributed by atoms with Gasteiger partial charge in [-0.3, -0.25) is 9.36 Å². The third-order valence-electron chi connectivity index (χ3n) is 4.83. The van der Waals surface area contributed by atoms with Gasteiger partial charge >= 0.3 is 0 Å². The molecule has 0 atom stereocenters. The van der Waals surface area contributed by atoms with E-state index in [0.29, 0.717) is 28.4 Å². The number of para-hydroxylation sites is 1. The first-order valence-electron chi connectivity index (χ1n) is 9.56. The zero-order valence-electron chi connectivity index (χ0n) is 16.9. The summed E-state index contributed by atoms with van der Waals surface area (Å²) < 4.78 is 12.3. The van der Waals surface area contributed by atoms with Crippen LogP contribution in [0.5, 0.6) is 11.5 Å². The number of benzene rings is 3. The van der Waals surface area contributed by atoms with Gasteiger partial charge in [0, 0.05) is 5.75 Å². The van der Waals surface area contributed by atoms with Gasteiger partial charge in [0.15, 0.2) is 5.16 Å². The molecule has 0 saturated heterocycles. The minimum Gasteiger partial charge on any atom is -0.497 e. The summed E-state index contributed by atoms with van der Waals surface area (Å²) in [6.07, 6.45) is 0. The molecule has 1 heterocycles. The summed E-state index contributed by atoms with van der Waals surface area (Å²) in [5, 5.41) is 1.31. The van der Waals surface area contributed by atoms with E-state index in [0.717, 1.165) is 22.6 Å². The number of aromatic nitrogens is 2. The van der Waals surface area contributed by atoms with Crippen molar-refractivity contribution in [2.24, 2.45) is 0 Å². The fraction of sp³-hybridized carbons (Fsp3) is 0.167. The lowest BCUT2D eigenvalue weighted by Crippen LogP contribution is -2.24. The predicted molar refractivity (Wildman–Crippen MR) is 121 cm³/mol. The SMILES string of the molecule is COc1ccc(Cn2c(SCc3cccc(OC)c3)nc3ccccc3c2=O)cc1. The van der Waals surface area contributed by atoms with Crippen molar-refractivity contribution in [2.45, 2.75) is 17.5 Å². The minimum absolute atomic E-state index is 0.0374. The average Bonchev–Trinajstić information content (AvgIpc) is 2.80. The first-order chi connectivity index (χ1) is 14.7. The Bertz CT molecular complexity index is 1220. The van der Waals surface area contributed by atoms with E-state index in [1.165, 1.54) is 0 Å². The van der Waals surface area contributed by atoms with Crippen LogP contribution in [0.15, 0.2) is 82.7 Å². The molecule has 0 unspecified atom stereocenters. The molecule has 0 radical (unpaired) electrons. The van der Waals surface area contributed by atoms with Gasteiger partial charge in [-0.1, -0.05) is 48.2 Å². The van der Waals surface area contributed by atoms with Gasteiger partial charge in [0.2, 0.25) is 0 Å². The number of thioether (sulfide) groups is 1. The van der Waals surface area contributed by atoms with Crippen LogP contribution in [0.1, 0.15) is 11.1 Å². The Morgan fingerprint density at radius 3 is 2.40 bits per heavy atom. The van der Waals surface area contributed by atoms with Crippen molar-refractivity contribution < 1.29 is 9.47 Å². The Labute approximate surface area is 179 Å². The van der Waals surface area contributed by atoms with Gasteiger partial charge in [0.05, 0.1) is 31.7 Å². The molecule has 4 rings (SSSR count). The van der Waals surface area contributed by atoms with Gasteiger partial charge in [-0.05, 0) is 47.5 Å². The first-order valence-corrected chi connectivity index (χ1v) is 10.5. The summed E-state index contributed by atoms with van der Waals surface area (Å²) in [6.45, 7) is 0.446. The minimum atomic E-state index is -0.0374. The van der Waals surface area contributed by atoms with Crippen molar-refractivity contribution in [3.05, 3.63) is 94.3 Å². The second-order valence-corrected chi connectivity index (χ2v) is 7.73. The van der Waals surface area contributed by atoms with Crippen LogP contribution >= 0.6 is 11.8 Å². The molecular formula is C24H22N2O3S. The van der Waals surface area contributed by atoms with Crippen molar-refractivity contribution in [3.63, 3.8) is 0 Å². The van der Waals surface area contributed by atoms with E-state index in [2.05, 4.69) is 0 Å². The lowest BCUT2D eigenvalue weighted by molar-refractivity contribution is 0.414.